The fraction of sp³-hybridized carbons (Fsp3) is 0.278. The van der Waals surface area contributed by atoms with Crippen LogP contribution in [-0.2, 0) is 11.3 Å². The van der Waals surface area contributed by atoms with Crippen molar-refractivity contribution in [1.82, 2.24) is 4.90 Å². The molecule has 0 aromatic heterocycles. The lowest BCUT2D eigenvalue weighted by Crippen LogP contribution is -2.39. The monoisotopic (exact) mass is 300 g/mol. The molecule has 0 aliphatic carbocycles. The summed E-state index contributed by atoms with van der Waals surface area (Å²) in [5.74, 6) is -0.353. The summed E-state index contributed by atoms with van der Waals surface area (Å²) >= 11 is 0. The van der Waals surface area contributed by atoms with Gasteiger partial charge in [0.05, 0.1) is 6.04 Å². The molecule has 2 aromatic rings. The van der Waals surface area contributed by atoms with Gasteiger partial charge < -0.3 is 5.32 Å². The van der Waals surface area contributed by atoms with E-state index in [4.69, 9.17) is 0 Å². The molecule has 0 bridgehead atoms. The van der Waals surface area contributed by atoms with E-state index in [0.29, 0.717) is 12.1 Å². The van der Waals surface area contributed by atoms with Gasteiger partial charge in [-0.25, -0.2) is 4.39 Å². The van der Waals surface area contributed by atoms with Gasteiger partial charge in [-0.3, -0.25) is 9.69 Å². The largest absolute Gasteiger partial charge is 0.324 e. The van der Waals surface area contributed by atoms with Gasteiger partial charge >= 0.3 is 0 Å². The van der Waals surface area contributed by atoms with E-state index >= 15 is 0 Å². The molecular formula is C18H21FN2O. The molecule has 4 heteroatoms. The summed E-state index contributed by atoms with van der Waals surface area (Å²) in [7, 11) is 1.81. The minimum absolute atomic E-state index is 0.104. The maximum atomic E-state index is 13.7. The first-order valence-electron chi connectivity index (χ1n) is 7.29. The Kier molecular flexibility index (Phi) is 5.28. The van der Waals surface area contributed by atoms with Gasteiger partial charge in [0.2, 0.25) is 5.91 Å². The van der Waals surface area contributed by atoms with Crippen molar-refractivity contribution >= 4 is 11.6 Å². The number of rotatable bonds is 5. The standard InChI is InChI=1S/C18H21FN2O/c1-13-8-4-7-11-17(13)20-18(22)14(2)21(3)12-15-9-5-6-10-16(15)19/h4-11,14H,12H2,1-3H3,(H,20,22)/t14-/m1/s1. The maximum absolute atomic E-state index is 13.7. The number of carbonyl (C=O) groups is 1. The Hall–Kier alpha value is -2.20. The number of para-hydroxylation sites is 1. The molecule has 0 unspecified atom stereocenters. The van der Waals surface area contributed by atoms with E-state index in [-0.39, 0.29) is 17.8 Å². The minimum atomic E-state index is -0.362. The first-order valence-corrected chi connectivity index (χ1v) is 7.29. The second-order valence-electron chi connectivity index (χ2n) is 5.49. The number of benzene rings is 2. The maximum Gasteiger partial charge on any atom is 0.241 e. The summed E-state index contributed by atoms with van der Waals surface area (Å²) in [4.78, 5) is 14.2. The third-order valence-electron chi connectivity index (χ3n) is 3.82. The molecule has 0 saturated heterocycles. The third-order valence-corrected chi connectivity index (χ3v) is 3.82. The highest BCUT2D eigenvalue weighted by Gasteiger charge is 2.19. The number of halogens is 1. The van der Waals surface area contributed by atoms with Gasteiger partial charge in [0.1, 0.15) is 5.82 Å². The van der Waals surface area contributed by atoms with Gasteiger partial charge in [-0.15, -0.1) is 0 Å². The van der Waals surface area contributed by atoms with Gasteiger partial charge in [-0.1, -0.05) is 36.4 Å². The van der Waals surface area contributed by atoms with Crippen molar-refractivity contribution in [2.24, 2.45) is 0 Å². The van der Waals surface area contributed by atoms with Crippen LogP contribution in [0.4, 0.5) is 10.1 Å². The Morgan fingerprint density at radius 3 is 2.50 bits per heavy atom. The molecule has 0 aliphatic heterocycles. The number of amides is 1. The zero-order valence-electron chi connectivity index (χ0n) is 13.1. The molecular weight excluding hydrogens is 279 g/mol. The zero-order chi connectivity index (χ0) is 16.1. The van der Waals surface area contributed by atoms with Gasteiger partial charge in [0.25, 0.3) is 0 Å². The second kappa shape index (κ2) is 7.18. The van der Waals surface area contributed by atoms with Crippen molar-refractivity contribution < 1.29 is 9.18 Å². The average molecular weight is 300 g/mol. The number of carbonyl (C=O) groups excluding carboxylic acids is 1. The predicted molar refractivity (Wildman–Crippen MR) is 87.1 cm³/mol. The lowest BCUT2D eigenvalue weighted by molar-refractivity contribution is -0.120. The van der Waals surface area contributed by atoms with E-state index in [2.05, 4.69) is 5.32 Å². The second-order valence-corrected chi connectivity index (χ2v) is 5.49. The van der Waals surface area contributed by atoms with Crippen molar-refractivity contribution in [3.05, 3.63) is 65.5 Å². The molecule has 3 nitrogen and oxygen atoms in total. The molecule has 0 spiro atoms. The Balaban J connectivity index is 2.01. The Bertz CT molecular complexity index is 657. The number of hydrogen-bond acceptors (Lipinski definition) is 2. The van der Waals surface area contributed by atoms with Crippen LogP contribution in [-0.4, -0.2) is 23.9 Å². The van der Waals surface area contributed by atoms with Crippen molar-refractivity contribution in [2.45, 2.75) is 26.4 Å². The van der Waals surface area contributed by atoms with E-state index in [1.54, 1.807) is 18.2 Å². The lowest BCUT2D eigenvalue weighted by Gasteiger charge is -2.24. The highest BCUT2D eigenvalue weighted by Crippen LogP contribution is 2.15. The SMILES string of the molecule is Cc1ccccc1NC(=O)[C@@H](C)N(C)Cc1ccccc1F. The normalized spacial score (nSPS) is 12.2. The van der Waals surface area contributed by atoms with Gasteiger partial charge in [0.15, 0.2) is 0 Å². The van der Waals surface area contributed by atoms with Crippen LogP contribution in [0.5, 0.6) is 0 Å². The van der Waals surface area contributed by atoms with E-state index in [1.165, 1.54) is 6.07 Å². The Labute approximate surface area is 130 Å². The smallest absolute Gasteiger partial charge is 0.241 e. The van der Waals surface area contributed by atoms with E-state index in [0.717, 1.165) is 11.3 Å². The highest BCUT2D eigenvalue weighted by atomic mass is 19.1. The van der Waals surface area contributed by atoms with Crippen molar-refractivity contribution in [2.75, 3.05) is 12.4 Å². The van der Waals surface area contributed by atoms with Crippen LogP contribution in [0.3, 0.4) is 0 Å². The minimum Gasteiger partial charge on any atom is -0.324 e. The van der Waals surface area contributed by atoms with Crippen LogP contribution in [0.15, 0.2) is 48.5 Å². The summed E-state index contributed by atoms with van der Waals surface area (Å²) < 4.78 is 13.7. The van der Waals surface area contributed by atoms with Gasteiger partial charge in [-0.2, -0.15) is 0 Å². The summed E-state index contributed by atoms with van der Waals surface area (Å²) in [6.45, 7) is 4.15. The Morgan fingerprint density at radius 1 is 1.18 bits per heavy atom. The molecule has 2 rings (SSSR count). The fourth-order valence-corrected chi connectivity index (χ4v) is 2.18. The number of aryl methyl sites for hydroxylation is 1. The molecule has 1 N–H and O–H groups in total. The van der Waals surface area contributed by atoms with Crippen molar-refractivity contribution in [3.8, 4) is 0 Å². The Morgan fingerprint density at radius 2 is 1.82 bits per heavy atom. The average Bonchev–Trinajstić information content (AvgIpc) is 2.51. The van der Waals surface area contributed by atoms with Crippen LogP contribution in [0.2, 0.25) is 0 Å². The van der Waals surface area contributed by atoms with E-state index < -0.39 is 0 Å². The van der Waals surface area contributed by atoms with E-state index in [9.17, 15) is 9.18 Å². The molecule has 0 heterocycles. The molecule has 1 amide bonds. The van der Waals surface area contributed by atoms with Crippen LogP contribution < -0.4 is 5.32 Å². The molecule has 22 heavy (non-hydrogen) atoms. The number of nitrogens with one attached hydrogen (secondary N) is 1. The zero-order valence-corrected chi connectivity index (χ0v) is 13.1. The quantitative estimate of drug-likeness (QED) is 0.915. The van der Waals surface area contributed by atoms with Crippen molar-refractivity contribution in [3.63, 3.8) is 0 Å². The van der Waals surface area contributed by atoms with E-state index in [1.807, 2.05) is 50.1 Å². The van der Waals surface area contributed by atoms with Crippen molar-refractivity contribution in [1.29, 1.82) is 0 Å². The van der Waals surface area contributed by atoms with Crippen LogP contribution >= 0.6 is 0 Å². The summed E-state index contributed by atoms with van der Waals surface area (Å²) in [6, 6.07) is 13.9. The van der Waals surface area contributed by atoms with Crippen LogP contribution in [0.25, 0.3) is 0 Å². The highest BCUT2D eigenvalue weighted by molar-refractivity contribution is 5.95. The number of hydrogen-bond donors (Lipinski definition) is 1. The topological polar surface area (TPSA) is 32.3 Å². The summed E-state index contributed by atoms with van der Waals surface area (Å²) in [5.41, 5.74) is 2.40. The molecule has 0 fully saturated rings. The first kappa shape index (κ1) is 16.2. The number of likely N-dealkylation sites (N-methyl/N-ethyl adjacent to an activating group) is 1. The van der Waals surface area contributed by atoms with Gasteiger partial charge in [-0.05, 0) is 38.6 Å². The first-order chi connectivity index (χ1) is 10.5. The molecule has 0 saturated carbocycles. The lowest BCUT2D eigenvalue weighted by atomic mass is 10.1. The summed E-state index contributed by atoms with van der Waals surface area (Å²) in [6.07, 6.45) is 0. The van der Waals surface area contributed by atoms with Crippen LogP contribution in [0.1, 0.15) is 18.1 Å². The molecule has 1 atom stereocenters. The number of anilines is 1. The predicted octanol–water partition coefficient (Wildman–Crippen LogP) is 3.59. The molecule has 0 radical (unpaired) electrons. The van der Waals surface area contributed by atoms with Crippen LogP contribution in [0, 0.1) is 12.7 Å². The van der Waals surface area contributed by atoms with Gasteiger partial charge in [0, 0.05) is 17.8 Å². The molecule has 116 valence electrons. The molecule has 2 aromatic carbocycles. The number of nitrogens with zero attached hydrogens (tertiary/aromatic N) is 1. The summed E-state index contributed by atoms with van der Waals surface area (Å²) in [5, 5.41) is 2.92. The fourth-order valence-electron chi connectivity index (χ4n) is 2.18. The third kappa shape index (κ3) is 3.92. The molecule has 0 aliphatic rings.